The van der Waals surface area contributed by atoms with Crippen LogP contribution in [0.1, 0.15) is 11.1 Å². The minimum atomic E-state index is -0.331. The van der Waals surface area contributed by atoms with Crippen LogP contribution in [-0.2, 0) is 11.2 Å². The van der Waals surface area contributed by atoms with Gasteiger partial charge in [0.05, 0.1) is 5.75 Å². The molecule has 0 saturated heterocycles. The zero-order chi connectivity index (χ0) is 21.2. The number of amides is 1. The standard InChI is InChI=1S/C22H16FN5O2S/c23-16-4-3-13-8-15-9-17(5-6-18(15)30-19(13)10-16)25-20(29)12-31-22-26-21(27-28-22)14-2-1-7-24-11-14/h1-7,9-11H,8,12H2,(H,25,29)(H,26,27,28). The molecule has 7 nitrogen and oxygen atoms in total. The molecule has 0 aliphatic carbocycles. The largest absolute Gasteiger partial charge is 0.457 e. The first kappa shape index (κ1) is 19.3. The highest BCUT2D eigenvalue weighted by molar-refractivity contribution is 7.99. The van der Waals surface area contributed by atoms with E-state index in [1.165, 1.54) is 23.9 Å². The molecule has 154 valence electrons. The summed E-state index contributed by atoms with van der Waals surface area (Å²) in [6, 6.07) is 13.6. The van der Waals surface area contributed by atoms with Crippen LogP contribution in [0, 0.1) is 5.82 Å². The van der Waals surface area contributed by atoms with E-state index in [9.17, 15) is 9.18 Å². The summed E-state index contributed by atoms with van der Waals surface area (Å²) >= 11 is 1.24. The number of hydrogen-bond acceptors (Lipinski definition) is 6. The summed E-state index contributed by atoms with van der Waals surface area (Å²) < 4.78 is 19.2. The van der Waals surface area contributed by atoms with Gasteiger partial charge in [0.25, 0.3) is 0 Å². The number of pyridine rings is 1. The number of H-pyrrole nitrogens is 1. The first-order chi connectivity index (χ1) is 15.1. The van der Waals surface area contributed by atoms with Crippen molar-refractivity contribution in [1.82, 2.24) is 20.2 Å². The van der Waals surface area contributed by atoms with E-state index >= 15 is 0 Å². The summed E-state index contributed by atoms with van der Waals surface area (Å²) in [6.07, 6.45) is 3.99. The number of aromatic nitrogens is 4. The Balaban J connectivity index is 1.20. The third kappa shape index (κ3) is 4.26. The maximum Gasteiger partial charge on any atom is 0.234 e. The molecule has 0 bridgehead atoms. The van der Waals surface area contributed by atoms with Gasteiger partial charge in [0, 0.05) is 41.7 Å². The normalized spacial score (nSPS) is 11.9. The molecule has 1 amide bonds. The molecule has 3 heterocycles. The fourth-order valence-corrected chi connectivity index (χ4v) is 3.86. The average molecular weight is 433 g/mol. The highest BCUT2D eigenvalue weighted by Gasteiger charge is 2.18. The van der Waals surface area contributed by atoms with Crippen molar-refractivity contribution in [3.05, 3.63) is 77.9 Å². The Morgan fingerprint density at radius 3 is 2.97 bits per heavy atom. The molecule has 1 aliphatic rings. The molecular weight excluding hydrogens is 417 g/mol. The smallest absolute Gasteiger partial charge is 0.234 e. The Labute approximate surface area is 181 Å². The molecule has 0 radical (unpaired) electrons. The molecule has 2 N–H and O–H groups in total. The molecule has 0 unspecified atom stereocenters. The zero-order valence-corrected chi connectivity index (χ0v) is 16.9. The Morgan fingerprint density at radius 2 is 2.10 bits per heavy atom. The summed E-state index contributed by atoms with van der Waals surface area (Å²) in [5.74, 6) is 1.46. The summed E-state index contributed by atoms with van der Waals surface area (Å²) in [4.78, 5) is 20.8. The van der Waals surface area contributed by atoms with Gasteiger partial charge in [0.15, 0.2) is 5.82 Å². The number of carbonyl (C=O) groups excluding carboxylic acids is 1. The van der Waals surface area contributed by atoms with E-state index in [2.05, 4.69) is 25.5 Å². The Bertz CT molecular complexity index is 1260. The van der Waals surface area contributed by atoms with Gasteiger partial charge < -0.3 is 10.1 Å². The first-order valence-corrected chi connectivity index (χ1v) is 10.5. The highest BCUT2D eigenvalue weighted by atomic mass is 32.2. The van der Waals surface area contributed by atoms with Gasteiger partial charge in [-0.05, 0) is 42.0 Å². The van der Waals surface area contributed by atoms with Crippen LogP contribution in [0.25, 0.3) is 11.4 Å². The number of ether oxygens (including phenoxy) is 1. The fraction of sp³-hybridized carbons (Fsp3) is 0.0909. The lowest BCUT2D eigenvalue weighted by Crippen LogP contribution is -2.14. The number of benzene rings is 2. The number of nitrogens with zero attached hydrogens (tertiary/aromatic N) is 3. The van der Waals surface area contributed by atoms with Crippen molar-refractivity contribution in [2.24, 2.45) is 0 Å². The number of carbonyl (C=O) groups is 1. The minimum Gasteiger partial charge on any atom is -0.457 e. The molecule has 0 fully saturated rings. The van der Waals surface area contributed by atoms with Crippen molar-refractivity contribution in [2.45, 2.75) is 11.6 Å². The van der Waals surface area contributed by atoms with E-state index in [1.54, 1.807) is 30.6 Å². The number of rotatable bonds is 5. The molecule has 5 rings (SSSR count). The van der Waals surface area contributed by atoms with E-state index in [0.29, 0.717) is 34.6 Å². The van der Waals surface area contributed by atoms with Crippen molar-refractivity contribution in [3.8, 4) is 22.9 Å². The summed E-state index contributed by atoms with van der Waals surface area (Å²) in [5, 5.41) is 10.3. The van der Waals surface area contributed by atoms with Crippen molar-refractivity contribution < 1.29 is 13.9 Å². The van der Waals surface area contributed by atoms with Gasteiger partial charge in [-0.2, -0.15) is 0 Å². The molecule has 1 aliphatic heterocycles. The summed E-state index contributed by atoms with van der Waals surface area (Å²) in [7, 11) is 0. The van der Waals surface area contributed by atoms with Gasteiger partial charge in [-0.3, -0.25) is 14.9 Å². The van der Waals surface area contributed by atoms with Gasteiger partial charge in [-0.1, -0.05) is 17.8 Å². The van der Waals surface area contributed by atoms with Gasteiger partial charge in [-0.25, -0.2) is 9.37 Å². The number of anilines is 1. The summed E-state index contributed by atoms with van der Waals surface area (Å²) in [5.41, 5.74) is 3.33. The number of thioether (sulfide) groups is 1. The van der Waals surface area contributed by atoms with Crippen molar-refractivity contribution >= 4 is 23.4 Å². The molecule has 2 aromatic heterocycles. The second-order valence-electron chi connectivity index (χ2n) is 6.90. The zero-order valence-electron chi connectivity index (χ0n) is 16.1. The van der Waals surface area contributed by atoms with Crippen LogP contribution in [0.2, 0.25) is 0 Å². The molecule has 0 saturated carbocycles. The van der Waals surface area contributed by atoms with Gasteiger partial charge in [0.1, 0.15) is 17.3 Å². The van der Waals surface area contributed by atoms with E-state index in [1.807, 2.05) is 18.2 Å². The van der Waals surface area contributed by atoms with Crippen LogP contribution < -0.4 is 10.1 Å². The predicted molar refractivity (Wildman–Crippen MR) is 115 cm³/mol. The first-order valence-electron chi connectivity index (χ1n) is 9.49. The van der Waals surface area contributed by atoms with Crippen molar-refractivity contribution in [2.75, 3.05) is 11.1 Å². The third-order valence-electron chi connectivity index (χ3n) is 4.71. The Kier molecular flexibility index (Phi) is 5.09. The van der Waals surface area contributed by atoms with Crippen LogP contribution in [0.15, 0.2) is 66.1 Å². The lowest BCUT2D eigenvalue weighted by atomic mass is 10.00. The quantitative estimate of drug-likeness (QED) is 0.398. The monoisotopic (exact) mass is 433 g/mol. The molecular formula is C22H16FN5O2S. The molecule has 2 aromatic carbocycles. The molecule has 9 heteroatoms. The Morgan fingerprint density at radius 1 is 1.16 bits per heavy atom. The second kappa shape index (κ2) is 8.19. The van der Waals surface area contributed by atoms with E-state index < -0.39 is 0 Å². The average Bonchev–Trinajstić information content (AvgIpc) is 3.26. The maximum absolute atomic E-state index is 13.4. The highest BCUT2D eigenvalue weighted by Crippen LogP contribution is 2.38. The number of hydrogen-bond donors (Lipinski definition) is 2. The maximum atomic E-state index is 13.4. The van der Waals surface area contributed by atoms with Crippen molar-refractivity contribution in [3.63, 3.8) is 0 Å². The van der Waals surface area contributed by atoms with Crippen LogP contribution in [-0.4, -0.2) is 31.8 Å². The van der Waals surface area contributed by atoms with Gasteiger partial charge in [0.2, 0.25) is 11.1 Å². The number of aromatic amines is 1. The molecule has 0 spiro atoms. The number of halogens is 1. The molecule has 4 aromatic rings. The number of fused-ring (bicyclic) bond motifs is 2. The fourth-order valence-electron chi connectivity index (χ4n) is 3.26. The summed E-state index contributed by atoms with van der Waals surface area (Å²) in [6.45, 7) is 0. The third-order valence-corrected chi connectivity index (χ3v) is 5.55. The predicted octanol–water partition coefficient (Wildman–Crippen LogP) is 4.43. The lowest BCUT2D eigenvalue weighted by molar-refractivity contribution is -0.113. The topological polar surface area (TPSA) is 92.8 Å². The van der Waals surface area contributed by atoms with Crippen LogP contribution in [0.3, 0.4) is 0 Å². The lowest BCUT2D eigenvalue weighted by Gasteiger charge is -2.21. The second-order valence-corrected chi connectivity index (χ2v) is 7.84. The van der Waals surface area contributed by atoms with Crippen LogP contribution in [0.5, 0.6) is 11.5 Å². The molecule has 31 heavy (non-hydrogen) atoms. The van der Waals surface area contributed by atoms with Gasteiger partial charge >= 0.3 is 0 Å². The molecule has 0 atom stereocenters. The number of nitrogens with one attached hydrogen (secondary N) is 2. The van der Waals surface area contributed by atoms with Crippen molar-refractivity contribution in [1.29, 1.82) is 0 Å². The Hall–Kier alpha value is -3.72. The SMILES string of the molecule is O=C(CSc1n[nH]c(-c2cccnc2)n1)Nc1ccc2c(c1)Cc1ccc(F)cc1O2. The van der Waals surface area contributed by atoms with E-state index in [4.69, 9.17) is 4.74 Å². The van der Waals surface area contributed by atoms with E-state index in [0.717, 1.165) is 16.7 Å². The minimum absolute atomic E-state index is 0.167. The van der Waals surface area contributed by atoms with Gasteiger partial charge in [-0.15, -0.1) is 5.10 Å². The van der Waals surface area contributed by atoms with Crippen LogP contribution >= 0.6 is 11.8 Å². The van der Waals surface area contributed by atoms with E-state index in [-0.39, 0.29) is 17.5 Å². The van der Waals surface area contributed by atoms with Crippen LogP contribution in [0.4, 0.5) is 10.1 Å².